The minimum absolute atomic E-state index is 0.105. The Kier molecular flexibility index (Phi) is 4.19. The normalized spacial score (nSPS) is 21.1. The first-order chi connectivity index (χ1) is 7.81. The number of rotatable bonds is 2. The maximum absolute atomic E-state index is 11.8. The van der Waals surface area contributed by atoms with Crippen molar-refractivity contribution in [2.24, 2.45) is 0 Å². The molecule has 0 spiro atoms. The van der Waals surface area contributed by atoms with Crippen LogP contribution in [0.5, 0.6) is 0 Å². The summed E-state index contributed by atoms with van der Waals surface area (Å²) in [5.41, 5.74) is 0. The van der Waals surface area contributed by atoms with Crippen LogP contribution in [0.4, 0.5) is 18.0 Å². The highest BCUT2D eigenvalue weighted by Gasteiger charge is 2.36. The highest BCUT2D eigenvalue weighted by atomic mass is 19.4. The predicted molar refractivity (Wildman–Crippen MR) is 49.4 cm³/mol. The fourth-order valence-electron chi connectivity index (χ4n) is 1.63. The van der Waals surface area contributed by atoms with Crippen LogP contribution in [-0.4, -0.2) is 47.4 Å². The summed E-state index contributed by atoms with van der Waals surface area (Å²) in [7, 11) is 0. The molecule has 0 aromatic heterocycles. The predicted octanol–water partition coefficient (Wildman–Crippen LogP) is 1.62. The largest absolute Gasteiger partial charge is 0.480 e. The quantitative estimate of drug-likeness (QED) is 0.814. The second-order valence-electron chi connectivity index (χ2n) is 3.71. The zero-order valence-electron chi connectivity index (χ0n) is 8.87. The molecule has 0 unspecified atom stereocenters. The third kappa shape index (κ3) is 4.12. The molecule has 0 aromatic carbocycles. The summed E-state index contributed by atoms with van der Waals surface area (Å²) < 4.78 is 39.5. The van der Waals surface area contributed by atoms with Crippen molar-refractivity contribution in [1.29, 1.82) is 0 Å². The Morgan fingerprint density at radius 2 is 2.00 bits per heavy atom. The third-order valence-electron chi connectivity index (χ3n) is 2.38. The molecule has 1 atom stereocenters. The van der Waals surface area contributed by atoms with Crippen LogP contribution >= 0.6 is 0 Å². The molecule has 1 saturated heterocycles. The van der Waals surface area contributed by atoms with E-state index in [4.69, 9.17) is 5.11 Å². The fourth-order valence-corrected chi connectivity index (χ4v) is 1.63. The van der Waals surface area contributed by atoms with E-state index in [0.717, 1.165) is 4.90 Å². The van der Waals surface area contributed by atoms with E-state index < -0.39 is 30.9 Å². The molecule has 17 heavy (non-hydrogen) atoms. The number of amides is 1. The van der Waals surface area contributed by atoms with Crippen LogP contribution in [0.3, 0.4) is 0 Å². The Bertz CT molecular complexity index is 305. The highest BCUT2D eigenvalue weighted by Crippen LogP contribution is 2.20. The molecule has 0 radical (unpaired) electrons. The van der Waals surface area contributed by atoms with Crippen molar-refractivity contribution in [2.75, 3.05) is 13.2 Å². The van der Waals surface area contributed by atoms with E-state index in [1.54, 1.807) is 0 Å². The molecule has 0 aliphatic carbocycles. The van der Waals surface area contributed by atoms with Gasteiger partial charge in [-0.15, -0.1) is 0 Å². The number of ether oxygens (including phenoxy) is 1. The highest BCUT2D eigenvalue weighted by molar-refractivity contribution is 5.80. The van der Waals surface area contributed by atoms with Crippen molar-refractivity contribution < 1.29 is 32.6 Å². The van der Waals surface area contributed by atoms with Crippen molar-refractivity contribution in [3.05, 3.63) is 0 Å². The topological polar surface area (TPSA) is 66.8 Å². The molecule has 1 heterocycles. The number of carbonyl (C=O) groups is 2. The number of carbonyl (C=O) groups excluding carboxylic acids is 1. The van der Waals surface area contributed by atoms with Crippen molar-refractivity contribution >= 4 is 12.1 Å². The number of halogens is 3. The molecule has 1 N–H and O–H groups in total. The summed E-state index contributed by atoms with van der Waals surface area (Å²) in [5.74, 6) is -1.23. The first-order valence-electron chi connectivity index (χ1n) is 5.04. The van der Waals surface area contributed by atoms with Gasteiger partial charge in [-0.3, -0.25) is 4.90 Å². The summed E-state index contributed by atoms with van der Waals surface area (Å²) in [6.07, 6.45) is -4.42. The van der Waals surface area contributed by atoms with Gasteiger partial charge in [-0.05, 0) is 19.3 Å². The Hall–Kier alpha value is -1.47. The van der Waals surface area contributed by atoms with Gasteiger partial charge in [0.05, 0.1) is 0 Å². The van der Waals surface area contributed by atoms with Gasteiger partial charge in [-0.25, -0.2) is 9.59 Å². The summed E-state index contributed by atoms with van der Waals surface area (Å²) >= 11 is 0. The standard InChI is InChI=1S/C9H12F3NO4/c10-9(11,12)5-17-8(16)13-4-2-1-3-6(13)7(14)15/h6H,1-5H2,(H,14,15)/t6-/m0/s1. The Morgan fingerprint density at radius 3 is 2.53 bits per heavy atom. The van der Waals surface area contributed by atoms with Crippen LogP contribution in [0.1, 0.15) is 19.3 Å². The van der Waals surface area contributed by atoms with Gasteiger partial charge in [0.1, 0.15) is 6.04 Å². The fraction of sp³-hybridized carbons (Fsp3) is 0.778. The summed E-state index contributed by atoms with van der Waals surface area (Å²) in [4.78, 5) is 22.9. The van der Waals surface area contributed by atoms with Crippen LogP contribution in [0.2, 0.25) is 0 Å². The van der Waals surface area contributed by atoms with Gasteiger partial charge in [0.15, 0.2) is 6.61 Å². The molecule has 0 saturated carbocycles. The molecule has 1 aliphatic heterocycles. The number of carboxylic acids is 1. The number of nitrogens with zero attached hydrogens (tertiary/aromatic N) is 1. The molecule has 5 nitrogen and oxygen atoms in total. The zero-order valence-corrected chi connectivity index (χ0v) is 8.87. The first kappa shape index (κ1) is 13.6. The smallest absolute Gasteiger partial charge is 0.422 e. The molecule has 8 heteroatoms. The number of carboxylic acid groups (broad SMARTS) is 1. The first-order valence-corrected chi connectivity index (χ1v) is 5.04. The van der Waals surface area contributed by atoms with Gasteiger partial charge < -0.3 is 9.84 Å². The van der Waals surface area contributed by atoms with E-state index in [0.29, 0.717) is 12.8 Å². The van der Waals surface area contributed by atoms with Crippen molar-refractivity contribution in [3.8, 4) is 0 Å². The lowest BCUT2D eigenvalue weighted by molar-refractivity contribution is -0.164. The number of piperidine rings is 1. The van der Waals surface area contributed by atoms with Crippen molar-refractivity contribution in [1.82, 2.24) is 4.90 Å². The van der Waals surface area contributed by atoms with Gasteiger partial charge in [0.2, 0.25) is 0 Å². The Labute approximate surface area is 95.1 Å². The molecule has 0 aromatic rings. The molecule has 0 bridgehead atoms. The Balaban J connectivity index is 2.56. The van der Waals surface area contributed by atoms with Gasteiger partial charge >= 0.3 is 18.2 Å². The second kappa shape index (κ2) is 5.24. The molecule has 1 fully saturated rings. The van der Waals surface area contributed by atoms with E-state index in [-0.39, 0.29) is 13.0 Å². The van der Waals surface area contributed by atoms with Gasteiger partial charge in [0, 0.05) is 6.54 Å². The summed E-state index contributed by atoms with van der Waals surface area (Å²) in [6.45, 7) is -1.59. The molecule has 1 aliphatic rings. The zero-order chi connectivity index (χ0) is 13.1. The molecule has 98 valence electrons. The maximum Gasteiger partial charge on any atom is 0.422 e. The van der Waals surface area contributed by atoms with Crippen LogP contribution < -0.4 is 0 Å². The van der Waals surface area contributed by atoms with E-state index >= 15 is 0 Å². The van der Waals surface area contributed by atoms with Crippen LogP contribution in [0.15, 0.2) is 0 Å². The van der Waals surface area contributed by atoms with Crippen molar-refractivity contribution in [3.63, 3.8) is 0 Å². The van der Waals surface area contributed by atoms with Crippen LogP contribution in [-0.2, 0) is 9.53 Å². The van der Waals surface area contributed by atoms with E-state index in [2.05, 4.69) is 4.74 Å². The van der Waals surface area contributed by atoms with Crippen molar-refractivity contribution in [2.45, 2.75) is 31.5 Å². The van der Waals surface area contributed by atoms with Crippen LogP contribution in [0.25, 0.3) is 0 Å². The van der Waals surface area contributed by atoms with Gasteiger partial charge in [0.25, 0.3) is 0 Å². The summed E-state index contributed by atoms with van der Waals surface area (Å²) in [6, 6.07) is -1.09. The second-order valence-corrected chi connectivity index (χ2v) is 3.71. The average molecular weight is 255 g/mol. The van der Waals surface area contributed by atoms with E-state index in [1.807, 2.05) is 0 Å². The number of aliphatic carboxylic acids is 1. The minimum Gasteiger partial charge on any atom is -0.480 e. The molecule has 1 amide bonds. The SMILES string of the molecule is O=C(O)[C@@H]1CCCCN1C(=O)OCC(F)(F)F. The van der Waals surface area contributed by atoms with Gasteiger partial charge in [-0.1, -0.05) is 0 Å². The Morgan fingerprint density at radius 1 is 1.35 bits per heavy atom. The minimum atomic E-state index is -4.61. The molecular weight excluding hydrogens is 243 g/mol. The molecule has 1 rings (SSSR count). The molecular formula is C9H12F3NO4. The van der Waals surface area contributed by atoms with E-state index in [1.165, 1.54) is 0 Å². The van der Waals surface area contributed by atoms with E-state index in [9.17, 15) is 22.8 Å². The number of hydrogen-bond acceptors (Lipinski definition) is 3. The lowest BCUT2D eigenvalue weighted by Gasteiger charge is -2.32. The summed E-state index contributed by atoms with van der Waals surface area (Å²) in [5, 5.41) is 8.81. The third-order valence-corrected chi connectivity index (χ3v) is 2.38. The average Bonchev–Trinajstić information content (AvgIpc) is 2.25. The van der Waals surface area contributed by atoms with Gasteiger partial charge in [-0.2, -0.15) is 13.2 Å². The lowest BCUT2D eigenvalue weighted by Crippen LogP contribution is -2.48. The number of alkyl halides is 3. The lowest BCUT2D eigenvalue weighted by atomic mass is 10.0. The number of likely N-dealkylation sites (tertiary alicyclic amines) is 1. The number of hydrogen-bond donors (Lipinski definition) is 1. The maximum atomic E-state index is 11.8. The van der Waals surface area contributed by atoms with Crippen LogP contribution in [0, 0.1) is 0 Å². The monoisotopic (exact) mass is 255 g/mol.